The van der Waals surface area contributed by atoms with Gasteiger partial charge in [-0.05, 0) is 109 Å². The maximum Gasteiger partial charge on any atom is 0.306 e. The van der Waals surface area contributed by atoms with Crippen LogP contribution in [-0.4, -0.2) is 37.2 Å². The molecule has 0 heterocycles. The highest BCUT2D eigenvalue weighted by Gasteiger charge is 2.19. The van der Waals surface area contributed by atoms with Gasteiger partial charge >= 0.3 is 17.9 Å². The third-order valence-corrected chi connectivity index (χ3v) is 12.8. The molecule has 0 spiro atoms. The number of hydrogen-bond donors (Lipinski definition) is 0. The van der Waals surface area contributed by atoms with E-state index in [1.807, 2.05) is 0 Å². The molecule has 0 rings (SSSR count). The smallest absolute Gasteiger partial charge is 0.306 e. The van der Waals surface area contributed by atoms with Gasteiger partial charge in [0.2, 0.25) is 0 Å². The normalized spacial score (nSPS) is 12.9. The average molecular weight is 1010 g/mol. The third kappa shape index (κ3) is 58.8. The largest absolute Gasteiger partial charge is 0.462 e. The highest BCUT2D eigenvalue weighted by Crippen LogP contribution is 2.15. The minimum Gasteiger partial charge on any atom is -0.462 e. The van der Waals surface area contributed by atoms with Crippen molar-refractivity contribution >= 4 is 17.9 Å². The Hall–Kier alpha value is -3.93. The Bertz CT molecular complexity index is 1490. The molecule has 0 aliphatic heterocycles. The van der Waals surface area contributed by atoms with E-state index in [4.69, 9.17) is 14.2 Å². The molecule has 1 unspecified atom stereocenters. The van der Waals surface area contributed by atoms with Crippen LogP contribution in [0.4, 0.5) is 0 Å². The highest BCUT2D eigenvalue weighted by atomic mass is 16.6. The molecule has 0 N–H and O–H groups in total. The van der Waals surface area contributed by atoms with Gasteiger partial charge in [0.1, 0.15) is 13.2 Å². The van der Waals surface area contributed by atoms with Crippen LogP contribution in [0.5, 0.6) is 0 Å². The quantitative estimate of drug-likeness (QED) is 0.0261. The number of hydrogen-bond acceptors (Lipinski definition) is 6. The predicted molar refractivity (Wildman–Crippen MR) is 316 cm³/mol. The molecule has 0 aromatic carbocycles. The van der Waals surface area contributed by atoms with E-state index in [9.17, 15) is 14.4 Å². The Morgan fingerprint density at radius 3 is 0.863 bits per heavy atom. The van der Waals surface area contributed by atoms with Crippen LogP contribution in [0.1, 0.15) is 278 Å². The summed E-state index contributed by atoms with van der Waals surface area (Å²) in [5, 5.41) is 0. The van der Waals surface area contributed by atoms with E-state index < -0.39 is 6.10 Å². The van der Waals surface area contributed by atoms with Gasteiger partial charge in [-0.15, -0.1) is 0 Å². The van der Waals surface area contributed by atoms with E-state index in [0.29, 0.717) is 19.3 Å². The average Bonchev–Trinajstić information content (AvgIpc) is 3.39. The molecule has 1 atom stereocenters. The van der Waals surface area contributed by atoms with Crippen LogP contribution in [0.25, 0.3) is 0 Å². The first-order chi connectivity index (χ1) is 36.0. The zero-order valence-electron chi connectivity index (χ0n) is 47.6. The second-order valence-electron chi connectivity index (χ2n) is 19.9. The molecular weight excluding hydrogens is 901 g/mol. The maximum atomic E-state index is 12.8. The lowest BCUT2D eigenvalue weighted by atomic mass is 10.1. The summed E-state index contributed by atoms with van der Waals surface area (Å²) >= 11 is 0. The lowest BCUT2D eigenvalue weighted by molar-refractivity contribution is -0.167. The monoisotopic (exact) mass is 1010 g/mol. The molecule has 0 aliphatic rings. The zero-order chi connectivity index (χ0) is 52.9. The first-order valence-corrected chi connectivity index (χ1v) is 30.4. The van der Waals surface area contributed by atoms with Crippen LogP contribution in [0.2, 0.25) is 0 Å². The second kappa shape index (κ2) is 60.6. The Labute approximate surface area is 450 Å². The van der Waals surface area contributed by atoms with E-state index in [1.54, 1.807) is 0 Å². The van der Waals surface area contributed by atoms with Gasteiger partial charge in [-0.3, -0.25) is 14.4 Å². The summed E-state index contributed by atoms with van der Waals surface area (Å²) in [5.41, 5.74) is 0. The van der Waals surface area contributed by atoms with Gasteiger partial charge in [0.05, 0.1) is 0 Å². The summed E-state index contributed by atoms with van der Waals surface area (Å²) in [7, 11) is 0. The number of carbonyl (C=O) groups excluding carboxylic acids is 3. The summed E-state index contributed by atoms with van der Waals surface area (Å²) in [5.74, 6) is -0.909. The molecule has 0 aromatic heterocycles. The van der Waals surface area contributed by atoms with E-state index in [0.717, 1.165) is 135 Å². The molecule has 0 bridgehead atoms. The topological polar surface area (TPSA) is 78.9 Å². The third-order valence-electron chi connectivity index (χ3n) is 12.8. The molecule has 0 amide bonds. The molecule has 0 radical (unpaired) electrons. The van der Waals surface area contributed by atoms with Gasteiger partial charge in [0, 0.05) is 19.3 Å². The van der Waals surface area contributed by atoms with Gasteiger partial charge in [-0.25, -0.2) is 0 Å². The van der Waals surface area contributed by atoms with Crippen molar-refractivity contribution in [3.8, 4) is 0 Å². The lowest BCUT2D eigenvalue weighted by Gasteiger charge is -2.18. The van der Waals surface area contributed by atoms with Crippen molar-refractivity contribution in [1.29, 1.82) is 0 Å². The number of allylic oxidation sites excluding steroid dienone is 18. The molecule has 6 nitrogen and oxygen atoms in total. The van der Waals surface area contributed by atoms with Gasteiger partial charge in [0.25, 0.3) is 0 Å². The fraction of sp³-hybridized carbons (Fsp3) is 0.687. The van der Waals surface area contributed by atoms with Crippen molar-refractivity contribution < 1.29 is 28.6 Å². The van der Waals surface area contributed by atoms with Crippen LogP contribution >= 0.6 is 0 Å². The van der Waals surface area contributed by atoms with Crippen molar-refractivity contribution in [2.24, 2.45) is 0 Å². The fourth-order valence-corrected chi connectivity index (χ4v) is 8.22. The van der Waals surface area contributed by atoms with E-state index >= 15 is 0 Å². The predicted octanol–water partition coefficient (Wildman–Crippen LogP) is 20.7. The van der Waals surface area contributed by atoms with E-state index in [2.05, 4.69) is 130 Å². The second-order valence-corrected chi connectivity index (χ2v) is 19.9. The van der Waals surface area contributed by atoms with E-state index in [-0.39, 0.29) is 31.1 Å². The number of esters is 3. The van der Waals surface area contributed by atoms with Crippen LogP contribution in [0.3, 0.4) is 0 Å². The first-order valence-electron chi connectivity index (χ1n) is 30.4. The molecule has 0 saturated heterocycles. The Kier molecular flexibility index (Phi) is 57.4. The standard InChI is InChI=1S/C67H112O6/c1-4-7-10-13-16-19-22-24-26-27-28-29-30-31-32-33-34-35-36-37-38-39-41-42-45-48-51-54-57-60-66(69)72-63-64(62-71-65(68)59-56-53-50-47-44-21-18-15-12-9-6-3)73-67(70)61-58-55-52-49-46-43-40-25-23-20-17-14-11-8-5-2/h7,10,16-17,19-20,24-26,28-29,31-32,34-35,37-38,40,64H,4-6,8-9,11-15,18,21-23,27,30,33,36,39,41-63H2,1-3H3/b10-7-,19-16-,20-17-,26-24-,29-28-,32-31-,35-34-,38-37-,40-25-. The van der Waals surface area contributed by atoms with Crippen molar-refractivity contribution in [3.05, 3.63) is 109 Å². The number of unbranched alkanes of at least 4 members (excludes halogenated alkanes) is 25. The van der Waals surface area contributed by atoms with Crippen molar-refractivity contribution in [3.63, 3.8) is 0 Å². The summed E-state index contributed by atoms with van der Waals surface area (Å²) in [4.78, 5) is 38.1. The molecule has 0 saturated carbocycles. The molecule has 6 heteroatoms. The lowest BCUT2D eigenvalue weighted by Crippen LogP contribution is -2.30. The summed E-state index contributed by atoms with van der Waals surface area (Å²) < 4.78 is 16.8. The molecule has 73 heavy (non-hydrogen) atoms. The molecular formula is C67H112O6. The Balaban J connectivity index is 4.30. The number of carbonyl (C=O) groups is 3. The summed E-state index contributed by atoms with van der Waals surface area (Å²) in [6.45, 7) is 6.48. The first kappa shape index (κ1) is 69.1. The van der Waals surface area contributed by atoms with Crippen molar-refractivity contribution in [2.45, 2.75) is 284 Å². The zero-order valence-corrected chi connectivity index (χ0v) is 47.6. The van der Waals surface area contributed by atoms with Gasteiger partial charge in [-0.2, -0.15) is 0 Å². The molecule has 0 aliphatic carbocycles. The van der Waals surface area contributed by atoms with Crippen LogP contribution < -0.4 is 0 Å². The number of rotatable bonds is 54. The van der Waals surface area contributed by atoms with Crippen molar-refractivity contribution in [1.82, 2.24) is 0 Å². The fourth-order valence-electron chi connectivity index (χ4n) is 8.22. The van der Waals surface area contributed by atoms with Crippen LogP contribution in [0.15, 0.2) is 109 Å². The molecule has 0 aromatic rings. The minimum absolute atomic E-state index is 0.0860. The Morgan fingerprint density at radius 2 is 0.534 bits per heavy atom. The van der Waals surface area contributed by atoms with Gasteiger partial charge in [0.15, 0.2) is 6.10 Å². The Morgan fingerprint density at radius 1 is 0.288 bits per heavy atom. The van der Waals surface area contributed by atoms with E-state index in [1.165, 1.54) is 103 Å². The molecule has 416 valence electrons. The van der Waals surface area contributed by atoms with Crippen LogP contribution in [-0.2, 0) is 28.6 Å². The van der Waals surface area contributed by atoms with Crippen LogP contribution in [0, 0.1) is 0 Å². The van der Waals surface area contributed by atoms with Crippen molar-refractivity contribution in [2.75, 3.05) is 13.2 Å². The summed E-state index contributed by atoms with van der Waals surface area (Å²) in [6.07, 6.45) is 82.3. The minimum atomic E-state index is -0.790. The van der Waals surface area contributed by atoms with Gasteiger partial charge < -0.3 is 14.2 Å². The van der Waals surface area contributed by atoms with Gasteiger partial charge in [-0.1, -0.05) is 259 Å². The SMILES string of the molecule is CC/C=C\C/C=C\C/C=C\C/C=C\C/C=C\C/C=C\C/C=C\CCCCCCCCCC(=O)OCC(COC(=O)CCCCCCCCCCCCC)OC(=O)CCCCCCC/C=C\C/C=C\CCCCC. The number of ether oxygens (including phenoxy) is 3. The highest BCUT2D eigenvalue weighted by molar-refractivity contribution is 5.71. The summed E-state index contributed by atoms with van der Waals surface area (Å²) in [6, 6.07) is 0. The molecule has 0 fully saturated rings. The maximum absolute atomic E-state index is 12.8.